The second kappa shape index (κ2) is 6.23. The Morgan fingerprint density at radius 2 is 1.94 bits per heavy atom. The average Bonchev–Trinajstić information content (AvgIpc) is 2.25. The largest absolute Gasteiger partial charge is 0.481 e. The van der Waals surface area contributed by atoms with E-state index in [0.717, 1.165) is 18.4 Å². The zero-order valence-electron chi connectivity index (χ0n) is 9.03. The highest BCUT2D eigenvalue weighted by molar-refractivity contribution is 5.66. The van der Waals surface area contributed by atoms with Crippen molar-refractivity contribution in [2.75, 3.05) is 0 Å². The predicted octanol–water partition coefficient (Wildman–Crippen LogP) is 2.47. The molecule has 0 aliphatic carbocycles. The van der Waals surface area contributed by atoms with Crippen LogP contribution >= 0.6 is 0 Å². The van der Waals surface area contributed by atoms with Crippen LogP contribution in [0.4, 0.5) is 4.39 Å². The molecule has 3 nitrogen and oxygen atoms in total. The highest BCUT2D eigenvalue weighted by Crippen LogP contribution is 2.17. The summed E-state index contributed by atoms with van der Waals surface area (Å²) in [6.07, 6.45) is 2.30. The number of aliphatic carboxylic acids is 1. The fourth-order valence-corrected chi connectivity index (χ4v) is 1.52. The average molecular weight is 225 g/mol. The molecule has 88 valence electrons. The molecule has 1 aromatic carbocycles. The smallest absolute Gasteiger partial charge is 0.303 e. The van der Waals surface area contributed by atoms with Crippen LogP contribution in [0.1, 0.15) is 37.3 Å². The molecular weight excluding hydrogens is 209 g/mol. The molecule has 0 radical (unpaired) electrons. The van der Waals surface area contributed by atoms with Gasteiger partial charge in [-0.25, -0.2) is 4.39 Å². The van der Waals surface area contributed by atoms with Crippen molar-refractivity contribution in [3.8, 4) is 0 Å². The molecule has 0 saturated heterocycles. The Morgan fingerprint density at radius 3 is 2.50 bits per heavy atom. The van der Waals surface area contributed by atoms with Crippen molar-refractivity contribution in [1.82, 2.24) is 0 Å². The van der Waals surface area contributed by atoms with Gasteiger partial charge in [0.25, 0.3) is 0 Å². The first-order chi connectivity index (χ1) is 7.59. The number of benzene rings is 1. The summed E-state index contributed by atoms with van der Waals surface area (Å²) in [5, 5.41) is 8.45. The molecule has 0 spiro atoms. The molecule has 1 unspecified atom stereocenters. The first-order valence-electron chi connectivity index (χ1n) is 5.32. The van der Waals surface area contributed by atoms with Gasteiger partial charge in [0.1, 0.15) is 5.82 Å². The minimum atomic E-state index is -0.782. The van der Waals surface area contributed by atoms with Crippen LogP contribution in [0.2, 0.25) is 0 Å². The quantitative estimate of drug-likeness (QED) is 0.731. The molecule has 0 fully saturated rings. The van der Waals surface area contributed by atoms with Crippen LogP contribution in [-0.2, 0) is 4.79 Å². The Kier molecular flexibility index (Phi) is 4.92. The maximum absolute atomic E-state index is 12.6. The predicted molar refractivity (Wildman–Crippen MR) is 59.4 cm³/mol. The van der Waals surface area contributed by atoms with E-state index in [0.29, 0.717) is 6.42 Å². The van der Waals surface area contributed by atoms with E-state index in [1.165, 1.54) is 12.1 Å². The first kappa shape index (κ1) is 12.6. The van der Waals surface area contributed by atoms with E-state index in [2.05, 4.69) is 0 Å². The summed E-state index contributed by atoms with van der Waals surface area (Å²) in [5.74, 6) is -1.06. The number of hydrogen-bond acceptors (Lipinski definition) is 2. The number of carboxylic acids is 1. The Morgan fingerprint density at radius 1 is 1.31 bits per heavy atom. The number of hydrogen-bond donors (Lipinski definition) is 2. The molecule has 3 N–H and O–H groups in total. The number of rotatable bonds is 6. The maximum Gasteiger partial charge on any atom is 0.303 e. The van der Waals surface area contributed by atoms with Gasteiger partial charge in [-0.1, -0.05) is 18.6 Å². The summed E-state index contributed by atoms with van der Waals surface area (Å²) in [4.78, 5) is 10.3. The van der Waals surface area contributed by atoms with Gasteiger partial charge in [-0.3, -0.25) is 4.79 Å². The second-order valence-electron chi connectivity index (χ2n) is 3.80. The van der Waals surface area contributed by atoms with E-state index < -0.39 is 5.97 Å². The van der Waals surface area contributed by atoms with Crippen molar-refractivity contribution in [2.24, 2.45) is 5.73 Å². The van der Waals surface area contributed by atoms with Crippen molar-refractivity contribution in [1.29, 1.82) is 0 Å². The van der Waals surface area contributed by atoms with Crippen molar-refractivity contribution in [3.05, 3.63) is 35.6 Å². The third-order valence-corrected chi connectivity index (χ3v) is 2.45. The number of carboxylic acid groups (broad SMARTS) is 1. The van der Waals surface area contributed by atoms with E-state index >= 15 is 0 Å². The number of nitrogens with two attached hydrogens (primary N) is 1. The van der Waals surface area contributed by atoms with Crippen LogP contribution in [0.15, 0.2) is 24.3 Å². The molecular formula is C12H16FNO2. The standard InChI is InChI=1S/C12H16FNO2/c13-10-7-5-9(6-8-10)11(14)3-1-2-4-12(15)16/h5-8,11H,1-4,14H2,(H,15,16). The van der Waals surface area contributed by atoms with Crippen molar-refractivity contribution in [2.45, 2.75) is 31.7 Å². The van der Waals surface area contributed by atoms with Crippen molar-refractivity contribution < 1.29 is 14.3 Å². The topological polar surface area (TPSA) is 63.3 Å². The minimum Gasteiger partial charge on any atom is -0.481 e. The Hall–Kier alpha value is -1.42. The molecule has 1 aromatic rings. The van der Waals surface area contributed by atoms with Gasteiger partial charge in [0.05, 0.1) is 0 Å². The molecule has 0 heterocycles. The fraction of sp³-hybridized carbons (Fsp3) is 0.417. The molecule has 0 amide bonds. The lowest BCUT2D eigenvalue weighted by atomic mass is 10.0. The molecule has 4 heteroatoms. The summed E-state index contributed by atoms with van der Waals surface area (Å²) < 4.78 is 12.6. The SMILES string of the molecule is NC(CCCCC(=O)O)c1ccc(F)cc1. The number of carbonyl (C=O) groups is 1. The van der Waals surface area contributed by atoms with Crippen LogP contribution in [0.5, 0.6) is 0 Å². The zero-order valence-corrected chi connectivity index (χ0v) is 9.03. The van der Waals surface area contributed by atoms with Gasteiger partial charge in [-0.15, -0.1) is 0 Å². The van der Waals surface area contributed by atoms with Gasteiger partial charge in [-0.2, -0.15) is 0 Å². The normalized spacial score (nSPS) is 12.4. The van der Waals surface area contributed by atoms with Crippen LogP contribution in [-0.4, -0.2) is 11.1 Å². The molecule has 1 atom stereocenters. The summed E-state index contributed by atoms with van der Waals surface area (Å²) >= 11 is 0. The second-order valence-corrected chi connectivity index (χ2v) is 3.80. The van der Waals surface area contributed by atoms with Crippen LogP contribution in [0.25, 0.3) is 0 Å². The monoisotopic (exact) mass is 225 g/mol. The van der Waals surface area contributed by atoms with Gasteiger partial charge < -0.3 is 10.8 Å². The molecule has 16 heavy (non-hydrogen) atoms. The number of unbranched alkanes of at least 4 members (excludes halogenated alkanes) is 1. The summed E-state index contributed by atoms with van der Waals surface area (Å²) in [7, 11) is 0. The maximum atomic E-state index is 12.6. The van der Waals surface area contributed by atoms with E-state index in [9.17, 15) is 9.18 Å². The van der Waals surface area contributed by atoms with Crippen molar-refractivity contribution in [3.63, 3.8) is 0 Å². The fourth-order valence-electron chi connectivity index (χ4n) is 1.52. The molecule has 0 saturated carbocycles. The lowest BCUT2D eigenvalue weighted by Gasteiger charge is -2.11. The lowest BCUT2D eigenvalue weighted by molar-refractivity contribution is -0.137. The summed E-state index contributed by atoms with van der Waals surface area (Å²) in [6, 6.07) is 5.95. The van der Waals surface area contributed by atoms with E-state index in [1.54, 1.807) is 12.1 Å². The highest BCUT2D eigenvalue weighted by Gasteiger charge is 2.06. The molecule has 0 aromatic heterocycles. The summed E-state index contributed by atoms with van der Waals surface area (Å²) in [5.41, 5.74) is 6.78. The van der Waals surface area contributed by atoms with E-state index in [1.807, 2.05) is 0 Å². The van der Waals surface area contributed by atoms with E-state index in [-0.39, 0.29) is 18.3 Å². The van der Waals surface area contributed by atoms with Gasteiger partial charge in [0.2, 0.25) is 0 Å². The Bertz CT molecular complexity index is 337. The zero-order chi connectivity index (χ0) is 12.0. The van der Waals surface area contributed by atoms with Gasteiger partial charge in [0, 0.05) is 12.5 Å². The highest BCUT2D eigenvalue weighted by atomic mass is 19.1. The molecule has 0 bridgehead atoms. The third kappa shape index (κ3) is 4.40. The van der Waals surface area contributed by atoms with Crippen LogP contribution in [0.3, 0.4) is 0 Å². The summed E-state index contributed by atoms with van der Waals surface area (Å²) in [6.45, 7) is 0. The lowest BCUT2D eigenvalue weighted by Crippen LogP contribution is -2.10. The van der Waals surface area contributed by atoms with Gasteiger partial charge in [0.15, 0.2) is 0 Å². The Labute approximate surface area is 94.1 Å². The van der Waals surface area contributed by atoms with E-state index in [4.69, 9.17) is 10.8 Å². The number of halogens is 1. The minimum absolute atomic E-state index is 0.144. The van der Waals surface area contributed by atoms with Crippen LogP contribution in [0, 0.1) is 5.82 Å². The molecule has 0 aliphatic rings. The van der Waals surface area contributed by atoms with Gasteiger partial charge in [-0.05, 0) is 30.5 Å². The third-order valence-electron chi connectivity index (χ3n) is 2.45. The van der Waals surface area contributed by atoms with Crippen LogP contribution < -0.4 is 5.73 Å². The van der Waals surface area contributed by atoms with Crippen molar-refractivity contribution >= 4 is 5.97 Å². The molecule has 0 aliphatic heterocycles. The molecule has 1 rings (SSSR count). The Balaban J connectivity index is 2.32. The van der Waals surface area contributed by atoms with Gasteiger partial charge >= 0.3 is 5.97 Å². The first-order valence-corrected chi connectivity index (χ1v) is 5.32.